The van der Waals surface area contributed by atoms with Gasteiger partial charge in [0.15, 0.2) is 0 Å². The third-order valence-corrected chi connectivity index (χ3v) is 6.64. The first kappa shape index (κ1) is 16.1. The van der Waals surface area contributed by atoms with E-state index in [1.807, 2.05) is 0 Å². The molecular weight excluding hydrogens is 320 g/mol. The molecule has 1 aromatic rings. The van der Waals surface area contributed by atoms with Gasteiger partial charge in [0.05, 0.1) is 5.56 Å². The van der Waals surface area contributed by atoms with E-state index in [-0.39, 0.29) is 23.1 Å². The molecule has 0 spiro atoms. The molecular formula is C19H26N2O2S. The van der Waals surface area contributed by atoms with E-state index in [4.69, 9.17) is 0 Å². The lowest BCUT2D eigenvalue weighted by molar-refractivity contribution is -0.117. The molecule has 4 rings (SSSR count). The predicted octanol–water partition coefficient (Wildman–Crippen LogP) is 3.75. The number of thiophene rings is 1. The average Bonchev–Trinajstić information content (AvgIpc) is 3.41. The van der Waals surface area contributed by atoms with Crippen molar-refractivity contribution < 1.29 is 9.59 Å². The van der Waals surface area contributed by atoms with E-state index in [1.165, 1.54) is 23.3 Å². The summed E-state index contributed by atoms with van der Waals surface area (Å²) >= 11 is 1.62. The summed E-state index contributed by atoms with van der Waals surface area (Å²) < 4.78 is 0. The van der Waals surface area contributed by atoms with Gasteiger partial charge in [0.25, 0.3) is 5.91 Å². The van der Waals surface area contributed by atoms with Crippen molar-refractivity contribution in [1.29, 1.82) is 0 Å². The van der Waals surface area contributed by atoms with Crippen LogP contribution in [0.2, 0.25) is 0 Å². The smallest absolute Gasteiger partial charge is 0.254 e. The van der Waals surface area contributed by atoms with Gasteiger partial charge in [0.1, 0.15) is 5.00 Å². The van der Waals surface area contributed by atoms with Gasteiger partial charge < -0.3 is 10.6 Å². The molecule has 24 heavy (non-hydrogen) atoms. The highest BCUT2D eigenvalue weighted by Crippen LogP contribution is 2.44. The van der Waals surface area contributed by atoms with E-state index in [0.29, 0.717) is 5.92 Å². The van der Waals surface area contributed by atoms with Gasteiger partial charge >= 0.3 is 0 Å². The Hall–Kier alpha value is -1.36. The fourth-order valence-electron chi connectivity index (χ4n) is 3.46. The Labute approximate surface area is 147 Å². The number of carbonyl (C=O) groups excluding carboxylic acids is 2. The van der Waals surface area contributed by atoms with E-state index >= 15 is 0 Å². The number of rotatable bonds is 5. The minimum Gasteiger partial charge on any atom is -0.352 e. The fourth-order valence-corrected chi connectivity index (χ4v) is 4.67. The van der Waals surface area contributed by atoms with Crippen molar-refractivity contribution in [3.63, 3.8) is 0 Å². The van der Waals surface area contributed by atoms with E-state index in [0.717, 1.165) is 49.2 Å². The molecule has 0 aliphatic heterocycles. The van der Waals surface area contributed by atoms with Crippen LogP contribution in [0.3, 0.4) is 0 Å². The summed E-state index contributed by atoms with van der Waals surface area (Å²) in [6.07, 6.45) is 7.47. The van der Waals surface area contributed by atoms with Gasteiger partial charge in [0, 0.05) is 17.3 Å². The number of fused-ring (bicyclic) bond motifs is 1. The third kappa shape index (κ3) is 3.37. The van der Waals surface area contributed by atoms with Crippen LogP contribution in [-0.4, -0.2) is 18.4 Å². The van der Waals surface area contributed by atoms with Crippen LogP contribution in [0.15, 0.2) is 0 Å². The van der Waals surface area contributed by atoms with Crippen molar-refractivity contribution in [2.24, 2.45) is 17.3 Å². The van der Waals surface area contributed by atoms with Crippen molar-refractivity contribution in [2.75, 3.05) is 11.9 Å². The lowest BCUT2D eigenvalue weighted by Gasteiger charge is -2.29. The van der Waals surface area contributed by atoms with Gasteiger partial charge in [-0.25, -0.2) is 0 Å². The molecule has 2 amide bonds. The maximum atomic E-state index is 12.9. The molecule has 3 aliphatic carbocycles. The summed E-state index contributed by atoms with van der Waals surface area (Å²) in [4.78, 5) is 26.4. The normalized spacial score (nSPS) is 21.9. The second-order valence-corrected chi connectivity index (χ2v) is 9.57. The van der Waals surface area contributed by atoms with Crippen molar-refractivity contribution in [2.45, 2.75) is 58.8 Å². The fraction of sp³-hybridized carbons (Fsp3) is 0.684. The van der Waals surface area contributed by atoms with Crippen molar-refractivity contribution in [3.05, 3.63) is 16.0 Å². The quantitative estimate of drug-likeness (QED) is 0.853. The lowest BCUT2D eigenvalue weighted by atomic mass is 9.76. The van der Waals surface area contributed by atoms with Crippen LogP contribution in [0.5, 0.6) is 0 Å². The zero-order valence-electron chi connectivity index (χ0n) is 14.5. The van der Waals surface area contributed by atoms with Crippen LogP contribution in [0.4, 0.5) is 5.00 Å². The first-order valence-electron chi connectivity index (χ1n) is 9.16. The molecule has 0 unspecified atom stereocenters. The molecule has 5 heteroatoms. The number of hydrogen-bond acceptors (Lipinski definition) is 3. The van der Waals surface area contributed by atoms with Crippen molar-refractivity contribution >= 4 is 28.2 Å². The average molecular weight is 346 g/mol. The molecule has 1 heterocycles. The van der Waals surface area contributed by atoms with E-state index in [2.05, 4.69) is 24.5 Å². The monoisotopic (exact) mass is 346 g/mol. The number of nitrogens with one attached hydrogen (secondary N) is 2. The first-order valence-corrected chi connectivity index (χ1v) is 9.98. The Balaban J connectivity index is 1.62. The van der Waals surface area contributed by atoms with Gasteiger partial charge in [-0.2, -0.15) is 0 Å². The maximum absolute atomic E-state index is 12.9. The van der Waals surface area contributed by atoms with Crippen LogP contribution in [0.1, 0.15) is 66.8 Å². The Morgan fingerprint density at radius 3 is 2.62 bits per heavy atom. The van der Waals surface area contributed by atoms with Crippen LogP contribution in [0, 0.1) is 17.3 Å². The van der Waals surface area contributed by atoms with Crippen molar-refractivity contribution in [3.8, 4) is 0 Å². The lowest BCUT2D eigenvalue weighted by Crippen LogP contribution is -2.29. The summed E-state index contributed by atoms with van der Waals surface area (Å²) in [5.41, 5.74) is 2.14. The molecule has 0 aromatic carbocycles. The second kappa shape index (κ2) is 5.87. The minimum absolute atomic E-state index is 0.00296. The SMILES string of the molecule is CC1(C)CCc2sc(NC(=O)C3CC3)c(C(=O)NCC3CC3)c2C1. The highest BCUT2D eigenvalue weighted by atomic mass is 32.1. The zero-order valence-corrected chi connectivity index (χ0v) is 15.4. The maximum Gasteiger partial charge on any atom is 0.254 e. The Kier molecular flexibility index (Phi) is 3.94. The van der Waals surface area contributed by atoms with E-state index in [1.54, 1.807) is 11.3 Å². The summed E-state index contributed by atoms with van der Waals surface area (Å²) in [5, 5.41) is 6.94. The van der Waals surface area contributed by atoms with Gasteiger partial charge in [-0.3, -0.25) is 9.59 Å². The number of anilines is 1. The van der Waals surface area contributed by atoms with Gasteiger partial charge in [-0.1, -0.05) is 13.8 Å². The summed E-state index contributed by atoms with van der Waals surface area (Å²) in [6, 6.07) is 0. The van der Waals surface area contributed by atoms with Gasteiger partial charge in [-0.15, -0.1) is 11.3 Å². The highest BCUT2D eigenvalue weighted by Gasteiger charge is 2.35. The highest BCUT2D eigenvalue weighted by molar-refractivity contribution is 7.17. The minimum atomic E-state index is 0.00296. The molecule has 1 aromatic heterocycles. The van der Waals surface area contributed by atoms with Crippen molar-refractivity contribution in [1.82, 2.24) is 5.32 Å². The van der Waals surface area contributed by atoms with Crippen LogP contribution in [0.25, 0.3) is 0 Å². The van der Waals surface area contributed by atoms with Crippen LogP contribution in [-0.2, 0) is 17.6 Å². The Morgan fingerprint density at radius 1 is 1.21 bits per heavy atom. The van der Waals surface area contributed by atoms with E-state index in [9.17, 15) is 9.59 Å². The molecule has 3 aliphatic rings. The zero-order chi connectivity index (χ0) is 16.9. The Bertz CT molecular complexity index is 684. The molecule has 130 valence electrons. The molecule has 0 radical (unpaired) electrons. The largest absolute Gasteiger partial charge is 0.352 e. The molecule has 2 fully saturated rings. The molecule has 2 saturated carbocycles. The van der Waals surface area contributed by atoms with Gasteiger partial charge in [-0.05, 0) is 61.8 Å². The molecule has 0 atom stereocenters. The number of aryl methyl sites for hydroxylation is 1. The number of carbonyl (C=O) groups is 2. The second-order valence-electron chi connectivity index (χ2n) is 8.47. The summed E-state index contributed by atoms with van der Waals surface area (Å²) in [6.45, 7) is 5.30. The topological polar surface area (TPSA) is 58.2 Å². The molecule has 0 bridgehead atoms. The first-order chi connectivity index (χ1) is 11.4. The Morgan fingerprint density at radius 2 is 1.96 bits per heavy atom. The molecule has 2 N–H and O–H groups in total. The summed E-state index contributed by atoms with van der Waals surface area (Å²) in [5.74, 6) is 0.902. The van der Waals surface area contributed by atoms with Crippen LogP contribution >= 0.6 is 11.3 Å². The standard InChI is InChI=1S/C19H26N2O2S/c1-19(2)8-7-14-13(9-19)15(17(23)20-10-11-3-4-11)18(24-14)21-16(22)12-5-6-12/h11-12H,3-10H2,1-2H3,(H,20,23)(H,21,22). The predicted molar refractivity (Wildman–Crippen MR) is 96.5 cm³/mol. The van der Waals surface area contributed by atoms with Gasteiger partial charge in [0.2, 0.25) is 5.91 Å². The van der Waals surface area contributed by atoms with Crippen LogP contribution < -0.4 is 10.6 Å². The molecule has 4 nitrogen and oxygen atoms in total. The number of hydrogen-bond donors (Lipinski definition) is 2. The summed E-state index contributed by atoms with van der Waals surface area (Å²) in [7, 11) is 0. The number of amides is 2. The third-order valence-electron chi connectivity index (χ3n) is 5.44. The van der Waals surface area contributed by atoms with E-state index < -0.39 is 0 Å². The molecule has 0 saturated heterocycles.